The molecule has 2 nitrogen and oxygen atoms in total. The number of nitrogens with zero attached hydrogens (tertiary/aromatic N) is 2. The van der Waals surface area contributed by atoms with Crippen molar-refractivity contribution in [2.24, 2.45) is 0 Å². The predicted molar refractivity (Wildman–Crippen MR) is 284 cm³/mol. The maximum absolute atomic E-state index is 5.59. The summed E-state index contributed by atoms with van der Waals surface area (Å²) in [6.07, 6.45) is 0. The second kappa shape index (κ2) is 16.0. The van der Waals surface area contributed by atoms with Gasteiger partial charge in [-0.25, -0.2) is 4.98 Å². The molecule has 0 saturated heterocycles. The van der Waals surface area contributed by atoms with E-state index >= 15 is 0 Å². The Morgan fingerprint density at radius 2 is 0.612 bits per heavy atom. The smallest absolute Gasteiger partial charge is 0.0716 e. The number of aromatic nitrogens is 2. The first kappa shape index (κ1) is 38.6. The van der Waals surface area contributed by atoms with Crippen LogP contribution in [0.15, 0.2) is 255 Å². The Balaban J connectivity index is 1.09. The van der Waals surface area contributed by atoms with Gasteiger partial charge in [0, 0.05) is 27.6 Å². The van der Waals surface area contributed by atoms with Gasteiger partial charge in [-0.15, -0.1) is 0 Å². The summed E-state index contributed by atoms with van der Waals surface area (Å²) >= 11 is 0. The third-order valence-electron chi connectivity index (χ3n) is 13.5. The van der Waals surface area contributed by atoms with E-state index in [1.807, 2.05) is 0 Å². The number of hydrogen-bond acceptors (Lipinski definition) is 1. The molecule has 2 heterocycles. The van der Waals surface area contributed by atoms with Crippen LogP contribution in [0.2, 0.25) is 0 Å². The molecule has 0 N–H and O–H groups in total. The van der Waals surface area contributed by atoms with Crippen molar-refractivity contribution in [3.63, 3.8) is 0 Å². The first-order valence-corrected chi connectivity index (χ1v) is 23.0. The van der Waals surface area contributed by atoms with Crippen molar-refractivity contribution in [3.05, 3.63) is 255 Å². The van der Waals surface area contributed by atoms with Crippen LogP contribution >= 0.6 is 0 Å². The Morgan fingerprint density at radius 3 is 1.25 bits per heavy atom. The van der Waals surface area contributed by atoms with E-state index in [2.05, 4.69) is 259 Å². The summed E-state index contributed by atoms with van der Waals surface area (Å²) in [5.41, 5.74) is 16.6. The van der Waals surface area contributed by atoms with Crippen LogP contribution in [-0.2, 0) is 0 Å². The molecule has 0 radical (unpaired) electrons. The molecule has 0 amide bonds. The van der Waals surface area contributed by atoms with E-state index in [1.165, 1.54) is 59.8 Å². The number of para-hydroxylation sites is 1. The van der Waals surface area contributed by atoms with Gasteiger partial charge >= 0.3 is 0 Å². The highest BCUT2D eigenvalue weighted by molar-refractivity contribution is 6.25. The summed E-state index contributed by atoms with van der Waals surface area (Å²) in [4.78, 5) is 5.59. The first-order valence-electron chi connectivity index (χ1n) is 23.0. The van der Waals surface area contributed by atoms with Gasteiger partial charge in [0.2, 0.25) is 0 Å². The van der Waals surface area contributed by atoms with Crippen LogP contribution in [-0.4, -0.2) is 9.55 Å². The molecular weight excluding hydrogens is 809 g/mol. The summed E-state index contributed by atoms with van der Waals surface area (Å²) in [5, 5.41) is 10.00. The van der Waals surface area contributed by atoms with Crippen LogP contribution in [0.5, 0.6) is 0 Å². The molecule has 0 aliphatic heterocycles. The van der Waals surface area contributed by atoms with Crippen molar-refractivity contribution < 1.29 is 0 Å². The van der Waals surface area contributed by atoms with Crippen LogP contribution in [0.1, 0.15) is 0 Å². The van der Waals surface area contributed by atoms with Gasteiger partial charge in [-0.05, 0) is 131 Å². The standard InChI is InChI=1S/C65H42N2/c1-4-17-43(18-5-1)46-23-16-24-49(35-46)62-40-51(45-21-8-3-9-22-45)41-63(66-62)52-36-50(47-31-33-58-56-27-11-10-25-54(56)55-26-12-13-28-57(55)61(58)39-47)37-53(38-52)67-64-30-15-14-29-59(64)60-34-32-48(42-65(60)67)44-19-6-2-7-20-44/h1-42H. The number of hydrogen-bond donors (Lipinski definition) is 0. The lowest BCUT2D eigenvalue weighted by Gasteiger charge is -2.17. The molecule has 0 saturated carbocycles. The Kier molecular flexibility index (Phi) is 9.21. The third-order valence-corrected chi connectivity index (χ3v) is 13.5. The van der Waals surface area contributed by atoms with Crippen molar-refractivity contribution in [2.45, 2.75) is 0 Å². The molecular formula is C65H42N2. The third kappa shape index (κ3) is 6.78. The molecule has 0 fully saturated rings. The molecule has 0 aliphatic carbocycles. The van der Waals surface area contributed by atoms with E-state index in [9.17, 15) is 0 Å². The van der Waals surface area contributed by atoms with Gasteiger partial charge in [-0.1, -0.05) is 200 Å². The minimum absolute atomic E-state index is 0.910. The van der Waals surface area contributed by atoms with Crippen LogP contribution in [0.4, 0.5) is 0 Å². The molecule has 11 aromatic carbocycles. The molecule has 312 valence electrons. The van der Waals surface area contributed by atoms with Gasteiger partial charge in [-0.2, -0.15) is 0 Å². The quantitative estimate of drug-likeness (QED) is 0.146. The minimum Gasteiger partial charge on any atom is -0.309 e. The van der Waals surface area contributed by atoms with E-state index in [4.69, 9.17) is 4.98 Å². The van der Waals surface area contributed by atoms with Gasteiger partial charge in [0.1, 0.15) is 0 Å². The zero-order chi connectivity index (χ0) is 44.3. The van der Waals surface area contributed by atoms with Gasteiger partial charge in [-0.3, -0.25) is 0 Å². The van der Waals surface area contributed by atoms with E-state index in [0.29, 0.717) is 0 Å². The van der Waals surface area contributed by atoms with E-state index in [0.717, 1.165) is 67.1 Å². The topological polar surface area (TPSA) is 17.8 Å². The molecule has 0 aliphatic rings. The highest BCUT2D eigenvalue weighted by Crippen LogP contribution is 2.42. The molecule has 13 rings (SSSR count). The van der Waals surface area contributed by atoms with Gasteiger partial charge in [0.05, 0.1) is 22.4 Å². The average molecular weight is 851 g/mol. The summed E-state index contributed by atoms with van der Waals surface area (Å²) < 4.78 is 2.46. The first-order chi connectivity index (χ1) is 33.2. The summed E-state index contributed by atoms with van der Waals surface area (Å²) in [6.45, 7) is 0. The molecule has 0 unspecified atom stereocenters. The second-order valence-corrected chi connectivity index (χ2v) is 17.5. The number of fused-ring (bicyclic) bond motifs is 9. The fourth-order valence-corrected chi connectivity index (χ4v) is 10.3. The normalized spacial score (nSPS) is 11.6. The average Bonchev–Trinajstić information content (AvgIpc) is 3.75. The lowest BCUT2D eigenvalue weighted by molar-refractivity contribution is 1.18. The van der Waals surface area contributed by atoms with Gasteiger partial charge in [0.15, 0.2) is 0 Å². The molecule has 2 aromatic heterocycles. The van der Waals surface area contributed by atoms with Crippen LogP contribution in [0.25, 0.3) is 127 Å². The van der Waals surface area contributed by atoms with Crippen molar-refractivity contribution in [2.75, 3.05) is 0 Å². The lowest BCUT2D eigenvalue weighted by Crippen LogP contribution is -1.98. The molecule has 0 atom stereocenters. The van der Waals surface area contributed by atoms with Crippen molar-refractivity contribution in [3.8, 4) is 72.7 Å². The van der Waals surface area contributed by atoms with Crippen LogP contribution in [0, 0.1) is 0 Å². The molecule has 0 bridgehead atoms. The van der Waals surface area contributed by atoms with Crippen LogP contribution < -0.4 is 0 Å². The Labute approximate surface area is 389 Å². The summed E-state index contributed by atoms with van der Waals surface area (Å²) in [6, 6.07) is 92.7. The minimum atomic E-state index is 0.910. The Morgan fingerprint density at radius 1 is 0.209 bits per heavy atom. The predicted octanol–water partition coefficient (Wildman–Crippen LogP) is 17.6. The number of rotatable bonds is 7. The maximum Gasteiger partial charge on any atom is 0.0716 e. The van der Waals surface area contributed by atoms with Gasteiger partial charge < -0.3 is 4.57 Å². The van der Waals surface area contributed by atoms with Gasteiger partial charge in [0.25, 0.3) is 0 Å². The second-order valence-electron chi connectivity index (χ2n) is 17.5. The van der Waals surface area contributed by atoms with E-state index in [1.54, 1.807) is 0 Å². The Bertz CT molecular complexity index is 3980. The fraction of sp³-hybridized carbons (Fsp3) is 0. The highest BCUT2D eigenvalue weighted by atomic mass is 15.0. The highest BCUT2D eigenvalue weighted by Gasteiger charge is 2.18. The van der Waals surface area contributed by atoms with E-state index in [-0.39, 0.29) is 0 Å². The molecule has 0 spiro atoms. The molecule has 67 heavy (non-hydrogen) atoms. The van der Waals surface area contributed by atoms with Crippen LogP contribution in [0.3, 0.4) is 0 Å². The Hall–Kier alpha value is -8.85. The largest absolute Gasteiger partial charge is 0.309 e. The zero-order valence-electron chi connectivity index (χ0n) is 36.6. The van der Waals surface area contributed by atoms with Crippen molar-refractivity contribution in [1.82, 2.24) is 9.55 Å². The van der Waals surface area contributed by atoms with Crippen molar-refractivity contribution >= 4 is 54.1 Å². The summed E-state index contributed by atoms with van der Waals surface area (Å²) in [7, 11) is 0. The maximum atomic E-state index is 5.59. The lowest BCUT2D eigenvalue weighted by atomic mass is 9.91. The number of benzene rings is 11. The van der Waals surface area contributed by atoms with Crippen molar-refractivity contribution in [1.29, 1.82) is 0 Å². The zero-order valence-corrected chi connectivity index (χ0v) is 36.6. The molecule has 2 heteroatoms. The summed E-state index contributed by atoms with van der Waals surface area (Å²) in [5.74, 6) is 0. The van der Waals surface area contributed by atoms with E-state index < -0.39 is 0 Å². The molecule has 13 aromatic rings. The fourth-order valence-electron chi connectivity index (χ4n) is 10.3. The number of pyridine rings is 1. The SMILES string of the molecule is c1ccc(-c2cccc(-c3cc(-c4ccccc4)cc(-c4cc(-c5ccc6c7ccccc7c7ccccc7c6c5)cc(-n5c6ccccc6c6ccc(-c7ccccc7)cc65)c4)n3)c2)cc1. The monoisotopic (exact) mass is 850 g/mol.